The number of hydrogen-bond acceptors (Lipinski definition) is 4. The molecule has 0 radical (unpaired) electrons. The lowest BCUT2D eigenvalue weighted by Gasteiger charge is -2.16. The first-order chi connectivity index (χ1) is 8.13. The molecular formula is C12H17NO4. The van der Waals surface area contributed by atoms with Gasteiger partial charge in [-0.15, -0.1) is 0 Å². The highest BCUT2D eigenvalue weighted by molar-refractivity contribution is 5.77. The molecule has 0 heterocycles. The number of nitrogens with two attached hydrogens (primary N) is 1. The normalized spacial score (nSPS) is 12.2. The van der Waals surface area contributed by atoms with Crippen LogP contribution in [0.3, 0.4) is 0 Å². The second kappa shape index (κ2) is 6.22. The van der Waals surface area contributed by atoms with E-state index in [1.165, 1.54) is 0 Å². The van der Waals surface area contributed by atoms with Gasteiger partial charge in [-0.2, -0.15) is 0 Å². The molecule has 3 N–H and O–H groups in total. The lowest BCUT2D eigenvalue weighted by molar-refractivity contribution is -0.138. The van der Waals surface area contributed by atoms with Gasteiger partial charge in [0, 0.05) is 13.7 Å². The quantitative estimate of drug-likeness (QED) is 0.773. The van der Waals surface area contributed by atoms with Crippen LogP contribution in [0.25, 0.3) is 0 Å². The molecule has 0 aromatic heterocycles. The Hall–Kier alpha value is -1.59. The molecule has 5 nitrogen and oxygen atoms in total. The highest BCUT2D eigenvalue weighted by atomic mass is 16.5. The molecule has 0 bridgehead atoms. The Bertz CT molecular complexity index is 392. The summed E-state index contributed by atoms with van der Waals surface area (Å²) in [6, 6.07) is 5.21. The molecule has 1 atom stereocenters. The Kier molecular flexibility index (Phi) is 4.93. The van der Waals surface area contributed by atoms with E-state index in [9.17, 15) is 4.79 Å². The number of carboxylic acid groups (broad SMARTS) is 1. The summed E-state index contributed by atoms with van der Waals surface area (Å²) in [5.41, 5.74) is 6.94. The minimum absolute atomic E-state index is 0.0539. The average Bonchev–Trinajstić information content (AvgIpc) is 2.31. The van der Waals surface area contributed by atoms with Crippen molar-refractivity contribution in [3.8, 4) is 5.75 Å². The maximum Gasteiger partial charge on any atom is 0.312 e. The van der Waals surface area contributed by atoms with E-state index in [0.717, 1.165) is 5.56 Å². The fourth-order valence-electron chi connectivity index (χ4n) is 1.69. The molecule has 0 amide bonds. The predicted octanol–water partition coefficient (Wildman–Crippen LogP) is 0.969. The van der Waals surface area contributed by atoms with Crippen LogP contribution < -0.4 is 10.5 Å². The zero-order chi connectivity index (χ0) is 12.8. The highest BCUT2D eigenvalue weighted by Gasteiger charge is 2.21. The van der Waals surface area contributed by atoms with Crippen molar-refractivity contribution in [1.29, 1.82) is 0 Å². The van der Waals surface area contributed by atoms with Crippen molar-refractivity contribution >= 4 is 5.97 Å². The number of benzene rings is 1. The van der Waals surface area contributed by atoms with Gasteiger partial charge in [0.15, 0.2) is 0 Å². The summed E-state index contributed by atoms with van der Waals surface area (Å²) in [5, 5.41) is 9.09. The lowest BCUT2D eigenvalue weighted by Crippen LogP contribution is -2.22. The molecule has 0 spiro atoms. The molecular weight excluding hydrogens is 222 g/mol. The number of ether oxygens (including phenoxy) is 2. The monoisotopic (exact) mass is 239 g/mol. The number of hydrogen-bond donors (Lipinski definition) is 2. The molecule has 5 heteroatoms. The van der Waals surface area contributed by atoms with Crippen molar-refractivity contribution in [2.75, 3.05) is 20.8 Å². The zero-order valence-electron chi connectivity index (χ0n) is 9.97. The third kappa shape index (κ3) is 3.18. The molecule has 1 aromatic carbocycles. The number of aliphatic carboxylic acids is 1. The SMILES string of the molecule is COCc1cc(OC)ccc1C(CN)C(=O)O. The molecule has 1 aromatic rings. The van der Waals surface area contributed by atoms with Crippen LogP contribution in [0.5, 0.6) is 5.75 Å². The number of carboxylic acids is 1. The van der Waals surface area contributed by atoms with E-state index in [2.05, 4.69) is 0 Å². The summed E-state index contributed by atoms with van der Waals surface area (Å²) >= 11 is 0. The van der Waals surface area contributed by atoms with Crippen LogP contribution >= 0.6 is 0 Å². The molecule has 0 aliphatic carbocycles. The average molecular weight is 239 g/mol. The molecule has 0 aliphatic heterocycles. The van der Waals surface area contributed by atoms with Gasteiger partial charge in [-0.25, -0.2) is 0 Å². The zero-order valence-corrected chi connectivity index (χ0v) is 9.97. The Morgan fingerprint density at radius 1 is 1.47 bits per heavy atom. The second-order valence-electron chi connectivity index (χ2n) is 3.62. The summed E-state index contributed by atoms with van der Waals surface area (Å²) in [6.07, 6.45) is 0. The maximum absolute atomic E-state index is 11.1. The van der Waals surface area contributed by atoms with Gasteiger partial charge in [0.05, 0.1) is 19.6 Å². The second-order valence-corrected chi connectivity index (χ2v) is 3.62. The van der Waals surface area contributed by atoms with E-state index in [-0.39, 0.29) is 6.54 Å². The molecule has 0 saturated heterocycles. The first-order valence-electron chi connectivity index (χ1n) is 5.22. The Morgan fingerprint density at radius 3 is 2.65 bits per heavy atom. The Morgan fingerprint density at radius 2 is 2.18 bits per heavy atom. The number of methoxy groups -OCH3 is 2. The van der Waals surface area contributed by atoms with Gasteiger partial charge in [-0.3, -0.25) is 4.79 Å². The number of rotatable bonds is 6. The minimum atomic E-state index is -0.935. The maximum atomic E-state index is 11.1. The molecule has 17 heavy (non-hydrogen) atoms. The van der Waals surface area contributed by atoms with Gasteiger partial charge in [-0.1, -0.05) is 6.07 Å². The third-order valence-electron chi connectivity index (χ3n) is 2.56. The summed E-state index contributed by atoms with van der Waals surface area (Å²) in [5.74, 6) is -0.983. The first kappa shape index (κ1) is 13.5. The van der Waals surface area contributed by atoms with Crippen LogP contribution in [0.2, 0.25) is 0 Å². The molecule has 0 aliphatic rings. The van der Waals surface area contributed by atoms with E-state index in [0.29, 0.717) is 17.9 Å². The highest BCUT2D eigenvalue weighted by Crippen LogP contribution is 2.25. The molecule has 1 rings (SSSR count). The third-order valence-corrected chi connectivity index (χ3v) is 2.56. The van der Waals surface area contributed by atoms with Crippen molar-refractivity contribution < 1.29 is 19.4 Å². The van der Waals surface area contributed by atoms with Crippen molar-refractivity contribution in [3.05, 3.63) is 29.3 Å². The molecule has 0 saturated carbocycles. The Labute approximate surface area is 100 Å². The fraction of sp³-hybridized carbons (Fsp3) is 0.417. The van der Waals surface area contributed by atoms with Gasteiger partial charge in [0.1, 0.15) is 5.75 Å². The van der Waals surface area contributed by atoms with Crippen LogP contribution in [0.1, 0.15) is 17.0 Å². The van der Waals surface area contributed by atoms with E-state index < -0.39 is 11.9 Å². The largest absolute Gasteiger partial charge is 0.497 e. The molecule has 0 fully saturated rings. The van der Waals surface area contributed by atoms with Gasteiger partial charge in [0.2, 0.25) is 0 Å². The van der Waals surface area contributed by atoms with E-state index >= 15 is 0 Å². The van der Waals surface area contributed by atoms with E-state index in [1.54, 1.807) is 32.4 Å². The summed E-state index contributed by atoms with van der Waals surface area (Å²) in [6.45, 7) is 0.384. The molecule has 94 valence electrons. The van der Waals surface area contributed by atoms with Crippen molar-refractivity contribution in [1.82, 2.24) is 0 Å². The minimum Gasteiger partial charge on any atom is -0.497 e. The fourth-order valence-corrected chi connectivity index (χ4v) is 1.69. The topological polar surface area (TPSA) is 81.8 Å². The van der Waals surface area contributed by atoms with E-state index in [1.807, 2.05) is 0 Å². The predicted molar refractivity (Wildman–Crippen MR) is 63.1 cm³/mol. The van der Waals surface area contributed by atoms with Crippen molar-refractivity contribution in [2.24, 2.45) is 5.73 Å². The van der Waals surface area contributed by atoms with Crippen LogP contribution in [0.4, 0.5) is 0 Å². The van der Waals surface area contributed by atoms with Crippen LogP contribution in [0.15, 0.2) is 18.2 Å². The van der Waals surface area contributed by atoms with Crippen LogP contribution in [-0.4, -0.2) is 31.8 Å². The first-order valence-corrected chi connectivity index (χ1v) is 5.22. The smallest absolute Gasteiger partial charge is 0.312 e. The van der Waals surface area contributed by atoms with E-state index in [4.69, 9.17) is 20.3 Å². The summed E-state index contributed by atoms with van der Waals surface area (Å²) in [7, 11) is 3.12. The summed E-state index contributed by atoms with van der Waals surface area (Å²) in [4.78, 5) is 11.1. The van der Waals surface area contributed by atoms with Gasteiger partial charge in [-0.05, 0) is 23.3 Å². The van der Waals surface area contributed by atoms with Crippen molar-refractivity contribution in [2.45, 2.75) is 12.5 Å². The Balaban J connectivity index is 3.16. The van der Waals surface area contributed by atoms with Gasteiger partial charge in [0.25, 0.3) is 0 Å². The van der Waals surface area contributed by atoms with Gasteiger partial charge < -0.3 is 20.3 Å². The van der Waals surface area contributed by atoms with Crippen LogP contribution in [-0.2, 0) is 16.1 Å². The lowest BCUT2D eigenvalue weighted by atomic mass is 9.94. The van der Waals surface area contributed by atoms with Crippen LogP contribution in [0, 0.1) is 0 Å². The standard InChI is InChI=1S/C12H17NO4/c1-16-7-8-5-9(17-2)3-4-10(8)11(6-13)12(14)15/h3-5,11H,6-7,13H2,1-2H3,(H,14,15). The number of carbonyl (C=O) groups is 1. The van der Waals surface area contributed by atoms with Crippen molar-refractivity contribution in [3.63, 3.8) is 0 Å². The molecule has 1 unspecified atom stereocenters. The summed E-state index contributed by atoms with van der Waals surface area (Å²) < 4.78 is 10.1. The van der Waals surface area contributed by atoms with Gasteiger partial charge >= 0.3 is 5.97 Å².